The molecule has 2 nitrogen and oxygen atoms in total. The van der Waals surface area contributed by atoms with Gasteiger partial charge in [0.2, 0.25) is 0 Å². The van der Waals surface area contributed by atoms with Crippen LogP contribution in [0.3, 0.4) is 0 Å². The van der Waals surface area contributed by atoms with Gasteiger partial charge in [-0.15, -0.1) is 0 Å². The lowest BCUT2D eigenvalue weighted by Crippen LogP contribution is -2.25. The molecule has 14 heavy (non-hydrogen) atoms. The largest absolute Gasteiger partial charge is 0.393 e. The third-order valence-corrected chi connectivity index (χ3v) is 2.98. The first-order valence-electron chi connectivity index (χ1n) is 6.01. The van der Waals surface area contributed by atoms with Crippen molar-refractivity contribution in [3.63, 3.8) is 0 Å². The van der Waals surface area contributed by atoms with Crippen molar-refractivity contribution >= 4 is 0 Å². The highest BCUT2D eigenvalue weighted by Gasteiger charge is 2.19. The van der Waals surface area contributed by atoms with Crippen molar-refractivity contribution in [2.75, 3.05) is 0 Å². The third kappa shape index (κ3) is 5.61. The molecule has 86 valence electrons. The summed E-state index contributed by atoms with van der Waals surface area (Å²) in [6.07, 6.45) is 5.08. The minimum absolute atomic E-state index is 0.318. The van der Waals surface area contributed by atoms with E-state index in [-0.39, 0.29) is 12.2 Å². The van der Waals surface area contributed by atoms with Gasteiger partial charge >= 0.3 is 0 Å². The summed E-state index contributed by atoms with van der Waals surface area (Å²) in [5.74, 6) is 0.371. The van der Waals surface area contributed by atoms with Crippen LogP contribution in [0.15, 0.2) is 0 Å². The average molecular weight is 202 g/mol. The van der Waals surface area contributed by atoms with E-state index in [1.54, 1.807) is 0 Å². The van der Waals surface area contributed by atoms with Gasteiger partial charge in [-0.2, -0.15) is 0 Å². The van der Waals surface area contributed by atoms with Gasteiger partial charge in [0.15, 0.2) is 0 Å². The fourth-order valence-electron chi connectivity index (χ4n) is 1.77. The SMILES string of the molecule is CCCCC(CC)C(O)CC(O)CC. The van der Waals surface area contributed by atoms with Gasteiger partial charge in [0.1, 0.15) is 0 Å². The summed E-state index contributed by atoms with van der Waals surface area (Å²) >= 11 is 0. The Balaban J connectivity index is 3.83. The van der Waals surface area contributed by atoms with Crippen LogP contribution >= 0.6 is 0 Å². The molecular weight excluding hydrogens is 176 g/mol. The molecule has 0 aliphatic heterocycles. The van der Waals surface area contributed by atoms with Crippen molar-refractivity contribution in [1.29, 1.82) is 0 Å². The standard InChI is InChI=1S/C12H26O2/c1-4-7-8-10(5-2)12(14)9-11(13)6-3/h10-14H,4-9H2,1-3H3. The lowest BCUT2D eigenvalue weighted by atomic mass is 9.90. The molecule has 3 atom stereocenters. The summed E-state index contributed by atoms with van der Waals surface area (Å²) in [5.41, 5.74) is 0. The Morgan fingerprint density at radius 1 is 1.00 bits per heavy atom. The molecule has 0 amide bonds. The number of hydrogen-bond donors (Lipinski definition) is 2. The van der Waals surface area contributed by atoms with Gasteiger partial charge in [-0.25, -0.2) is 0 Å². The lowest BCUT2D eigenvalue weighted by molar-refractivity contribution is 0.0373. The molecule has 0 aliphatic rings. The first kappa shape index (κ1) is 13.9. The number of aliphatic hydroxyl groups is 2. The Morgan fingerprint density at radius 3 is 2.07 bits per heavy atom. The molecular formula is C12H26O2. The van der Waals surface area contributed by atoms with E-state index in [9.17, 15) is 10.2 Å². The molecule has 0 saturated heterocycles. The lowest BCUT2D eigenvalue weighted by Gasteiger charge is -2.23. The second-order valence-corrected chi connectivity index (χ2v) is 4.18. The zero-order valence-electron chi connectivity index (χ0n) is 9.87. The monoisotopic (exact) mass is 202 g/mol. The molecule has 0 aromatic carbocycles. The second kappa shape index (κ2) is 8.25. The van der Waals surface area contributed by atoms with E-state index in [1.165, 1.54) is 12.8 Å². The predicted octanol–water partition coefficient (Wildman–Crippen LogP) is 2.72. The maximum absolute atomic E-state index is 9.88. The van der Waals surface area contributed by atoms with Gasteiger partial charge in [0, 0.05) is 0 Å². The van der Waals surface area contributed by atoms with Crippen molar-refractivity contribution in [1.82, 2.24) is 0 Å². The van der Waals surface area contributed by atoms with E-state index in [4.69, 9.17) is 0 Å². The molecule has 0 bridgehead atoms. The van der Waals surface area contributed by atoms with Crippen LogP contribution in [0.2, 0.25) is 0 Å². The maximum Gasteiger partial charge on any atom is 0.0592 e. The molecule has 2 N–H and O–H groups in total. The molecule has 3 unspecified atom stereocenters. The molecule has 0 aromatic rings. The molecule has 0 heterocycles. The summed E-state index contributed by atoms with van der Waals surface area (Å²) < 4.78 is 0. The highest BCUT2D eigenvalue weighted by atomic mass is 16.3. The molecule has 0 fully saturated rings. The maximum atomic E-state index is 9.88. The van der Waals surface area contributed by atoms with Crippen molar-refractivity contribution in [3.8, 4) is 0 Å². The fourth-order valence-corrected chi connectivity index (χ4v) is 1.77. The highest BCUT2D eigenvalue weighted by molar-refractivity contribution is 4.70. The summed E-state index contributed by atoms with van der Waals surface area (Å²) in [5, 5.41) is 19.3. The zero-order valence-corrected chi connectivity index (χ0v) is 9.87. The number of unbranched alkanes of at least 4 members (excludes halogenated alkanes) is 1. The van der Waals surface area contributed by atoms with Gasteiger partial charge in [-0.1, -0.05) is 40.0 Å². The quantitative estimate of drug-likeness (QED) is 0.635. The summed E-state index contributed by atoms with van der Waals surface area (Å²) in [6.45, 7) is 6.23. The minimum atomic E-state index is -0.333. The Kier molecular flexibility index (Phi) is 8.20. The number of hydrogen-bond acceptors (Lipinski definition) is 2. The van der Waals surface area contributed by atoms with Crippen LogP contribution < -0.4 is 0 Å². The van der Waals surface area contributed by atoms with Gasteiger partial charge in [0.05, 0.1) is 12.2 Å². The molecule has 0 aromatic heterocycles. The van der Waals surface area contributed by atoms with Gasteiger partial charge < -0.3 is 10.2 Å². The fraction of sp³-hybridized carbons (Fsp3) is 1.00. The summed E-state index contributed by atoms with van der Waals surface area (Å²) in [7, 11) is 0. The minimum Gasteiger partial charge on any atom is -0.393 e. The average Bonchev–Trinajstić information content (AvgIpc) is 2.18. The second-order valence-electron chi connectivity index (χ2n) is 4.18. The van der Waals surface area contributed by atoms with E-state index in [0.29, 0.717) is 12.3 Å². The van der Waals surface area contributed by atoms with Crippen LogP contribution in [0.4, 0.5) is 0 Å². The first-order valence-corrected chi connectivity index (χ1v) is 6.01. The van der Waals surface area contributed by atoms with Crippen molar-refractivity contribution in [2.24, 2.45) is 5.92 Å². The Hall–Kier alpha value is -0.0800. The third-order valence-electron chi connectivity index (χ3n) is 2.98. The normalized spacial score (nSPS) is 17.8. The zero-order chi connectivity index (χ0) is 11.0. The first-order chi connectivity index (χ1) is 6.65. The van der Waals surface area contributed by atoms with Crippen LogP contribution in [0.1, 0.15) is 59.3 Å². The van der Waals surface area contributed by atoms with E-state index >= 15 is 0 Å². The van der Waals surface area contributed by atoms with Gasteiger partial charge in [0.25, 0.3) is 0 Å². The Morgan fingerprint density at radius 2 is 1.64 bits per heavy atom. The van der Waals surface area contributed by atoms with Crippen molar-refractivity contribution in [3.05, 3.63) is 0 Å². The molecule has 0 spiro atoms. The Labute approximate surface area is 88.3 Å². The molecule has 2 heteroatoms. The molecule has 0 saturated carbocycles. The predicted molar refractivity (Wildman–Crippen MR) is 60.2 cm³/mol. The number of aliphatic hydroxyl groups excluding tert-OH is 2. The van der Waals surface area contributed by atoms with Crippen LogP contribution in [-0.2, 0) is 0 Å². The van der Waals surface area contributed by atoms with Crippen LogP contribution in [0.5, 0.6) is 0 Å². The van der Waals surface area contributed by atoms with E-state index in [2.05, 4.69) is 13.8 Å². The molecule has 0 radical (unpaired) electrons. The number of rotatable bonds is 8. The Bertz CT molecular complexity index is 125. The van der Waals surface area contributed by atoms with Crippen molar-refractivity contribution < 1.29 is 10.2 Å². The summed E-state index contributed by atoms with van der Waals surface area (Å²) in [6, 6.07) is 0. The smallest absolute Gasteiger partial charge is 0.0592 e. The highest BCUT2D eigenvalue weighted by Crippen LogP contribution is 2.20. The van der Waals surface area contributed by atoms with E-state index in [1.807, 2.05) is 6.92 Å². The van der Waals surface area contributed by atoms with Crippen molar-refractivity contribution in [2.45, 2.75) is 71.5 Å². The topological polar surface area (TPSA) is 40.5 Å². The van der Waals surface area contributed by atoms with Crippen LogP contribution in [0, 0.1) is 5.92 Å². The molecule has 0 aliphatic carbocycles. The van der Waals surface area contributed by atoms with E-state index < -0.39 is 0 Å². The van der Waals surface area contributed by atoms with E-state index in [0.717, 1.165) is 19.3 Å². The summed E-state index contributed by atoms with van der Waals surface area (Å²) in [4.78, 5) is 0. The van der Waals surface area contributed by atoms with Gasteiger partial charge in [-0.05, 0) is 25.2 Å². The van der Waals surface area contributed by atoms with Crippen LogP contribution in [0.25, 0.3) is 0 Å². The van der Waals surface area contributed by atoms with Gasteiger partial charge in [-0.3, -0.25) is 0 Å². The van der Waals surface area contributed by atoms with Crippen LogP contribution in [-0.4, -0.2) is 22.4 Å². The molecule has 0 rings (SSSR count).